The molecule has 4 rings (SSSR count). The van der Waals surface area contributed by atoms with Crippen molar-refractivity contribution in [2.75, 3.05) is 46.7 Å². The molecule has 0 aliphatic carbocycles. The van der Waals surface area contributed by atoms with Crippen molar-refractivity contribution in [2.24, 2.45) is 0 Å². The van der Waals surface area contributed by atoms with Crippen LogP contribution in [0.5, 0.6) is 23.0 Å². The van der Waals surface area contributed by atoms with E-state index < -0.39 is 0 Å². The number of quaternary nitrogens is 2. The average molecular weight is 386 g/mol. The molecule has 0 radical (unpaired) electrons. The van der Waals surface area contributed by atoms with Crippen molar-refractivity contribution in [3.8, 4) is 23.0 Å². The molecule has 28 heavy (non-hydrogen) atoms. The molecule has 1 saturated heterocycles. The van der Waals surface area contributed by atoms with Crippen molar-refractivity contribution in [3.05, 3.63) is 47.5 Å². The van der Waals surface area contributed by atoms with Crippen LogP contribution in [-0.2, 0) is 13.1 Å². The van der Waals surface area contributed by atoms with E-state index in [9.17, 15) is 0 Å². The van der Waals surface area contributed by atoms with Gasteiger partial charge in [0.2, 0.25) is 6.79 Å². The lowest BCUT2D eigenvalue weighted by molar-refractivity contribution is -1.02. The minimum atomic E-state index is 0.337. The van der Waals surface area contributed by atoms with Crippen molar-refractivity contribution >= 4 is 0 Å². The Balaban J connectivity index is 1.30. The molecule has 6 nitrogen and oxygen atoms in total. The summed E-state index contributed by atoms with van der Waals surface area (Å²) in [7, 11) is 1.69. The topological polar surface area (TPSA) is 45.8 Å². The van der Waals surface area contributed by atoms with Crippen LogP contribution in [0.1, 0.15) is 18.1 Å². The highest BCUT2D eigenvalue weighted by atomic mass is 16.7. The Morgan fingerprint density at radius 3 is 2.14 bits per heavy atom. The molecule has 2 aliphatic heterocycles. The van der Waals surface area contributed by atoms with Crippen molar-refractivity contribution in [3.63, 3.8) is 0 Å². The molecular formula is C22H30N2O4+2. The zero-order valence-electron chi connectivity index (χ0n) is 16.8. The summed E-state index contributed by atoms with van der Waals surface area (Å²) in [5.74, 6) is 3.39. The van der Waals surface area contributed by atoms with Crippen molar-refractivity contribution in [2.45, 2.75) is 20.0 Å². The second-order valence-corrected chi connectivity index (χ2v) is 7.46. The van der Waals surface area contributed by atoms with Gasteiger partial charge in [-0.2, -0.15) is 0 Å². The van der Waals surface area contributed by atoms with Crippen LogP contribution < -0.4 is 28.7 Å². The number of rotatable bonds is 7. The molecule has 0 spiro atoms. The third-order valence-electron chi connectivity index (χ3n) is 5.54. The van der Waals surface area contributed by atoms with Crippen LogP contribution in [0.4, 0.5) is 0 Å². The second kappa shape index (κ2) is 8.71. The maximum absolute atomic E-state index is 5.72. The fraction of sp³-hybridized carbons (Fsp3) is 0.455. The molecule has 2 aromatic carbocycles. The van der Waals surface area contributed by atoms with Gasteiger partial charge in [0.05, 0.1) is 13.7 Å². The Hall–Kier alpha value is -2.44. The Bertz CT molecular complexity index is 803. The van der Waals surface area contributed by atoms with E-state index in [1.165, 1.54) is 37.3 Å². The molecule has 1 fully saturated rings. The van der Waals surface area contributed by atoms with Crippen LogP contribution in [-0.4, -0.2) is 46.7 Å². The molecule has 150 valence electrons. The predicted octanol–water partition coefficient (Wildman–Crippen LogP) is 0.306. The molecule has 2 heterocycles. The maximum Gasteiger partial charge on any atom is 0.231 e. The summed E-state index contributed by atoms with van der Waals surface area (Å²) < 4.78 is 22.0. The van der Waals surface area contributed by atoms with Gasteiger partial charge in [-0.1, -0.05) is 0 Å². The van der Waals surface area contributed by atoms with Crippen LogP contribution in [0.25, 0.3) is 0 Å². The van der Waals surface area contributed by atoms with Gasteiger partial charge < -0.3 is 28.7 Å². The number of fused-ring (bicyclic) bond motifs is 1. The summed E-state index contributed by atoms with van der Waals surface area (Å²) in [4.78, 5) is 3.26. The molecular weight excluding hydrogens is 356 g/mol. The van der Waals surface area contributed by atoms with Gasteiger partial charge in [0.25, 0.3) is 0 Å². The first kappa shape index (κ1) is 18.9. The lowest BCUT2D eigenvalue weighted by atomic mass is 10.1. The monoisotopic (exact) mass is 386 g/mol. The maximum atomic E-state index is 5.72. The van der Waals surface area contributed by atoms with Crippen LogP contribution in [0.2, 0.25) is 0 Å². The first-order valence-electron chi connectivity index (χ1n) is 10.1. The molecule has 0 atom stereocenters. The Morgan fingerprint density at radius 2 is 1.46 bits per heavy atom. The highest BCUT2D eigenvalue weighted by Crippen LogP contribution is 2.32. The van der Waals surface area contributed by atoms with E-state index in [4.69, 9.17) is 18.9 Å². The molecule has 0 bridgehead atoms. The molecule has 2 aliphatic rings. The lowest BCUT2D eigenvalue weighted by Gasteiger charge is -2.30. The summed E-state index contributed by atoms with van der Waals surface area (Å²) in [6.45, 7) is 9.77. The predicted molar refractivity (Wildman–Crippen MR) is 106 cm³/mol. The highest BCUT2D eigenvalue weighted by Gasteiger charge is 2.24. The van der Waals surface area contributed by atoms with Crippen LogP contribution in [0.3, 0.4) is 0 Å². The van der Waals surface area contributed by atoms with Crippen molar-refractivity contribution in [1.29, 1.82) is 0 Å². The van der Waals surface area contributed by atoms with E-state index in [1.807, 2.05) is 19.1 Å². The number of benzene rings is 2. The van der Waals surface area contributed by atoms with Crippen LogP contribution in [0, 0.1) is 0 Å². The third kappa shape index (κ3) is 4.34. The van der Waals surface area contributed by atoms with Gasteiger partial charge >= 0.3 is 0 Å². The number of piperazine rings is 1. The molecule has 6 heteroatoms. The van der Waals surface area contributed by atoms with E-state index in [2.05, 4.69) is 24.3 Å². The number of ether oxygens (including phenoxy) is 4. The van der Waals surface area contributed by atoms with E-state index in [-0.39, 0.29) is 0 Å². The number of methoxy groups -OCH3 is 1. The van der Waals surface area contributed by atoms with Gasteiger partial charge in [0.1, 0.15) is 39.3 Å². The normalized spacial score (nSPS) is 20.8. The molecule has 0 aromatic heterocycles. The second-order valence-electron chi connectivity index (χ2n) is 7.46. The Labute approximate surface area is 166 Å². The van der Waals surface area contributed by atoms with Gasteiger partial charge in [-0.15, -0.1) is 0 Å². The van der Waals surface area contributed by atoms with E-state index in [0.29, 0.717) is 13.4 Å². The van der Waals surface area contributed by atoms with Crippen LogP contribution >= 0.6 is 0 Å². The van der Waals surface area contributed by atoms with Crippen LogP contribution in [0.15, 0.2) is 36.4 Å². The zero-order chi connectivity index (χ0) is 19.3. The first-order valence-corrected chi connectivity index (χ1v) is 10.1. The smallest absolute Gasteiger partial charge is 0.231 e. The standard InChI is InChI=1S/C22H28N2O4/c1-3-26-21-12-17(4-6-19(21)25-2)14-23-8-10-24(11-9-23)15-18-5-7-20-22(13-18)28-16-27-20/h4-7,12-13H,3,8-11,14-16H2,1-2H3/p+2. The zero-order valence-corrected chi connectivity index (χ0v) is 16.8. The minimum absolute atomic E-state index is 0.337. The Morgan fingerprint density at radius 1 is 0.821 bits per heavy atom. The summed E-state index contributed by atoms with van der Waals surface area (Å²) in [5, 5.41) is 0. The fourth-order valence-electron chi connectivity index (χ4n) is 4.04. The summed E-state index contributed by atoms with van der Waals surface area (Å²) in [6, 6.07) is 12.6. The largest absolute Gasteiger partial charge is 0.493 e. The quantitative estimate of drug-likeness (QED) is 0.719. The Kier molecular flexibility index (Phi) is 5.88. The van der Waals surface area contributed by atoms with Gasteiger partial charge in [0, 0.05) is 11.1 Å². The molecule has 2 aromatic rings. The van der Waals surface area contributed by atoms with E-state index in [0.717, 1.165) is 36.1 Å². The summed E-state index contributed by atoms with van der Waals surface area (Å²) in [6.07, 6.45) is 0. The summed E-state index contributed by atoms with van der Waals surface area (Å²) >= 11 is 0. The van der Waals surface area contributed by atoms with Gasteiger partial charge in [-0.3, -0.25) is 0 Å². The third-order valence-corrected chi connectivity index (χ3v) is 5.54. The number of nitrogens with one attached hydrogen (secondary N) is 2. The van der Waals surface area contributed by atoms with Gasteiger partial charge in [-0.05, 0) is 43.3 Å². The van der Waals surface area contributed by atoms with E-state index >= 15 is 0 Å². The SMILES string of the molecule is CCOc1cc(C[NH+]2CC[NH+](Cc3ccc4c(c3)OCO4)CC2)ccc1OC. The van der Waals surface area contributed by atoms with Gasteiger partial charge in [0.15, 0.2) is 23.0 Å². The van der Waals surface area contributed by atoms with Crippen molar-refractivity contribution in [1.82, 2.24) is 0 Å². The highest BCUT2D eigenvalue weighted by molar-refractivity contribution is 5.44. The molecule has 0 saturated carbocycles. The first-order chi connectivity index (χ1) is 13.7. The van der Waals surface area contributed by atoms with Crippen molar-refractivity contribution < 1.29 is 28.7 Å². The van der Waals surface area contributed by atoms with Gasteiger partial charge in [-0.25, -0.2) is 0 Å². The minimum Gasteiger partial charge on any atom is -0.493 e. The number of hydrogen-bond donors (Lipinski definition) is 2. The fourth-order valence-corrected chi connectivity index (χ4v) is 4.04. The lowest BCUT2D eigenvalue weighted by Crippen LogP contribution is -3.27. The molecule has 2 N–H and O–H groups in total. The molecule has 0 amide bonds. The summed E-state index contributed by atoms with van der Waals surface area (Å²) in [5.41, 5.74) is 2.62. The average Bonchev–Trinajstić information content (AvgIpc) is 3.18. The number of hydrogen-bond acceptors (Lipinski definition) is 4. The molecule has 0 unspecified atom stereocenters. The van der Waals surface area contributed by atoms with E-state index in [1.54, 1.807) is 16.9 Å².